The van der Waals surface area contributed by atoms with Gasteiger partial charge in [-0.15, -0.1) is 10.2 Å². The van der Waals surface area contributed by atoms with Gasteiger partial charge >= 0.3 is 6.03 Å². The van der Waals surface area contributed by atoms with E-state index < -0.39 is 17.7 Å². The maximum atomic E-state index is 13.1. The van der Waals surface area contributed by atoms with Gasteiger partial charge < -0.3 is 10.1 Å². The van der Waals surface area contributed by atoms with Crippen molar-refractivity contribution in [2.24, 2.45) is 0 Å². The van der Waals surface area contributed by atoms with Gasteiger partial charge in [0, 0.05) is 17.3 Å². The molecule has 1 aromatic heterocycles. The SMILES string of the molecule is COc1cccc(-c2nnc(NC(=O)Nc3ccc(F)c(F)c3)s2)c1. The number of hydrogen-bond acceptors (Lipinski definition) is 5. The highest BCUT2D eigenvalue weighted by atomic mass is 32.1. The van der Waals surface area contributed by atoms with Gasteiger partial charge in [0.15, 0.2) is 11.6 Å². The Morgan fingerprint density at radius 3 is 2.68 bits per heavy atom. The normalized spacial score (nSPS) is 10.4. The first-order valence-corrected chi connectivity index (χ1v) is 7.88. The molecular formula is C16H12F2N4O2S. The Bertz CT molecular complexity index is 917. The third-order valence-electron chi connectivity index (χ3n) is 3.14. The summed E-state index contributed by atoms with van der Waals surface area (Å²) in [5.41, 5.74) is 0.917. The maximum absolute atomic E-state index is 13.1. The summed E-state index contributed by atoms with van der Waals surface area (Å²) in [4.78, 5) is 11.9. The summed E-state index contributed by atoms with van der Waals surface area (Å²) in [5, 5.41) is 13.6. The van der Waals surface area contributed by atoms with Crippen molar-refractivity contribution in [2.75, 3.05) is 17.7 Å². The van der Waals surface area contributed by atoms with Crippen molar-refractivity contribution in [3.05, 3.63) is 54.1 Å². The van der Waals surface area contributed by atoms with Gasteiger partial charge in [-0.25, -0.2) is 13.6 Å². The molecule has 0 saturated heterocycles. The van der Waals surface area contributed by atoms with Crippen LogP contribution in [-0.4, -0.2) is 23.3 Å². The van der Waals surface area contributed by atoms with Crippen LogP contribution in [0.2, 0.25) is 0 Å². The number of aromatic nitrogens is 2. The number of nitrogens with one attached hydrogen (secondary N) is 2. The van der Waals surface area contributed by atoms with Gasteiger partial charge in [-0.2, -0.15) is 0 Å². The van der Waals surface area contributed by atoms with E-state index in [-0.39, 0.29) is 10.8 Å². The van der Waals surface area contributed by atoms with Gasteiger partial charge in [-0.1, -0.05) is 23.5 Å². The van der Waals surface area contributed by atoms with E-state index in [1.165, 1.54) is 17.4 Å². The third-order valence-corrected chi connectivity index (χ3v) is 4.03. The lowest BCUT2D eigenvalue weighted by Gasteiger charge is -2.05. The number of carbonyl (C=O) groups is 1. The molecule has 9 heteroatoms. The number of halogens is 2. The molecule has 3 aromatic rings. The molecule has 0 spiro atoms. The number of amides is 2. The van der Waals surface area contributed by atoms with Crippen molar-refractivity contribution in [1.82, 2.24) is 10.2 Å². The van der Waals surface area contributed by atoms with Crippen LogP contribution < -0.4 is 15.4 Å². The van der Waals surface area contributed by atoms with Gasteiger partial charge in [0.2, 0.25) is 5.13 Å². The number of methoxy groups -OCH3 is 1. The topological polar surface area (TPSA) is 76.1 Å². The highest BCUT2D eigenvalue weighted by Gasteiger charge is 2.11. The fourth-order valence-electron chi connectivity index (χ4n) is 1.98. The molecule has 6 nitrogen and oxygen atoms in total. The Hall–Kier alpha value is -3.07. The molecule has 2 amide bonds. The molecule has 3 rings (SSSR count). The van der Waals surface area contributed by atoms with Crippen LogP contribution >= 0.6 is 11.3 Å². The minimum Gasteiger partial charge on any atom is -0.497 e. The quantitative estimate of drug-likeness (QED) is 0.731. The monoisotopic (exact) mass is 362 g/mol. The van der Waals surface area contributed by atoms with Crippen LogP contribution in [0.1, 0.15) is 0 Å². The van der Waals surface area contributed by atoms with Crippen LogP contribution in [-0.2, 0) is 0 Å². The van der Waals surface area contributed by atoms with E-state index >= 15 is 0 Å². The molecule has 128 valence electrons. The predicted octanol–water partition coefficient (Wildman–Crippen LogP) is 4.14. The number of anilines is 2. The fraction of sp³-hybridized carbons (Fsp3) is 0.0625. The number of carbonyl (C=O) groups excluding carboxylic acids is 1. The highest BCUT2D eigenvalue weighted by molar-refractivity contribution is 7.18. The van der Waals surface area contributed by atoms with E-state index in [2.05, 4.69) is 20.8 Å². The zero-order valence-corrected chi connectivity index (χ0v) is 13.7. The van der Waals surface area contributed by atoms with E-state index in [1.54, 1.807) is 19.2 Å². The number of benzene rings is 2. The Morgan fingerprint density at radius 2 is 1.92 bits per heavy atom. The molecule has 0 unspecified atom stereocenters. The molecule has 0 fully saturated rings. The second-order valence-corrected chi connectivity index (χ2v) is 5.83. The summed E-state index contributed by atoms with van der Waals surface area (Å²) in [5.74, 6) is -1.36. The minimum atomic E-state index is -1.05. The molecule has 1 heterocycles. The lowest BCUT2D eigenvalue weighted by molar-refractivity contribution is 0.262. The van der Waals surface area contributed by atoms with Crippen LogP contribution in [0.3, 0.4) is 0 Å². The van der Waals surface area contributed by atoms with E-state index in [9.17, 15) is 13.6 Å². The molecule has 0 bridgehead atoms. The van der Waals surface area contributed by atoms with Crippen molar-refractivity contribution in [3.8, 4) is 16.3 Å². The van der Waals surface area contributed by atoms with Gasteiger partial charge in [-0.3, -0.25) is 5.32 Å². The van der Waals surface area contributed by atoms with Gasteiger partial charge in [0.1, 0.15) is 10.8 Å². The summed E-state index contributed by atoms with van der Waals surface area (Å²) < 4.78 is 31.2. The van der Waals surface area contributed by atoms with Gasteiger partial charge in [0.25, 0.3) is 0 Å². The first-order valence-electron chi connectivity index (χ1n) is 7.06. The van der Waals surface area contributed by atoms with Crippen molar-refractivity contribution in [3.63, 3.8) is 0 Å². The first-order chi connectivity index (χ1) is 12.0. The molecule has 2 aromatic carbocycles. The van der Waals surface area contributed by atoms with Crippen molar-refractivity contribution in [1.29, 1.82) is 0 Å². The van der Waals surface area contributed by atoms with E-state index in [4.69, 9.17) is 4.74 Å². The molecule has 0 aliphatic heterocycles. The van der Waals surface area contributed by atoms with Gasteiger partial charge in [-0.05, 0) is 24.3 Å². The number of urea groups is 1. The largest absolute Gasteiger partial charge is 0.497 e. The Morgan fingerprint density at radius 1 is 1.08 bits per heavy atom. The van der Waals surface area contributed by atoms with Crippen molar-refractivity contribution >= 4 is 28.2 Å². The lowest BCUT2D eigenvalue weighted by atomic mass is 10.2. The highest BCUT2D eigenvalue weighted by Crippen LogP contribution is 2.28. The molecule has 0 radical (unpaired) electrons. The Labute approximate surface area is 145 Å². The molecule has 0 atom stereocenters. The smallest absolute Gasteiger partial charge is 0.325 e. The molecular weight excluding hydrogens is 350 g/mol. The fourth-order valence-corrected chi connectivity index (χ4v) is 2.71. The van der Waals surface area contributed by atoms with E-state index in [1.807, 2.05) is 12.1 Å². The molecule has 0 aliphatic rings. The Balaban J connectivity index is 1.68. The number of rotatable bonds is 4. The lowest BCUT2D eigenvalue weighted by Crippen LogP contribution is -2.19. The second-order valence-electron chi connectivity index (χ2n) is 4.85. The Kier molecular flexibility index (Phi) is 4.85. The van der Waals surface area contributed by atoms with Gasteiger partial charge in [0.05, 0.1) is 7.11 Å². The molecule has 25 heavy (non-hydrogen) atoms. The molecule has 0 saturated carbocycles. The standard InChI is InChI=1S/C16H12F2N4O2S/c1-24-11-4-2-3-9(7-11)14-21-22-16(25-14)20-15(23)19-10-5-6-12(17)13(18)8-10/h2-8H,1H3,(H2,19,20,22,23). The maximum Gasteiger partial charge on any atom is 0.325 e. The average molecular weight is 362 g/mol. The van der Waals surface area contributed by atoms with Crippen LogP contribution in [0.15, 0.2) is 42.5 Å². The number of hydrogen-bond donors (Lipinski definition) is 2. The van der Waals surface area contributed by atoms with Crippen molar-refractivity contribution < 1.29 is 18.3 Å². The molecule has 2 N–H and O–H groups in total. The van der Waals surface area contributed by atoms with Crippen LogP contribution in [0.5, 0.6) is 5.75 Å². The summed E-state index contributed by atoms with van der Waals surface area (Å²) in [6.07, 6.45) is 0. The summed E-state index contributed by atoms with van der Waals surface area (Å²) in [6.45, 7) is 0. The minimum absolute atomic E-state index is 0.119. The average Bonchev–Trinajstić information content (AvgIpc) is 3.06. The van der Waals surface area contributed by atoms with Crippen molar-refractivity contribution in [2.45, 2.75) is 0 Å². The van der Waals surface area contributed by atoms with E-state index in [0.29, 0.717) is 10.8 Å². The summed E-state index contributed by atoms with van der Waals surface area (Å²) >= 11 is 1.17. The first kappa shape index (κ1) is 16.8. The molecule has 0 aliphatic carbocycles. The van der Waals surface area contributed by atoms with Crippen LogP contribution in [0.25, 0.3) is 10.6 Å². The van der Waals surface area contributed by atoms with E-state index in [0.717, 1.165) is 17.7 Å². The summed E-state index contributed by atoms with van der Waals surface area (Å²) in [7, 11) is 1.56. The third kappa shape index (κ3) is 4.07. The van der Waals surface area contributed by atoms with Crippen LogP contribution in [0, 0.1) is 11.6 Å². The second kappa shape index (κ2) is 7.22. The number of ether oxygens (including phenoxy) is 1. The summed E-state index contributed by atoms with van der Waals surface area (Å²) in [6, 6.07) is 9.68. The zero-order chi connectivity index (χ0) is 17.8. The zero-order valence-electron chi connectivity index (χ0n) is 12.9. The predicted molar refractivity (Wildman–Crippen MR) is 90.9 cm³/mol. The number of nitrogens with zero attached hydrogens (tertiary/aromatic N) is 2. The van der Waals surface area contributed by atoms with Crippen LogP contribution in [0.4, 0.5) is 24.4 Å².